The van der Waals surface area contributed by atoms with Crippen molar-refractivity contribution >= 4 is 6.09 Å². The molecule has 20 heavy (non-hydrogen) atoms. The molecule has 8 nitrogen and oxygen atoms in total. The second-order valence-electron chi connectivity index (χ2n) is 4.07. The fourth-order valence-electron chi connectivity index (χ4n) is 1.50. The maximum absolute atomic E-state index is 11.6. The molecular weight excluding hydrogens is 264 g/mol. The highest BCUT2D eigenvalue weighted by molar-refractivity contribution is 5.70. The smallest absolute Gasteiger partial charge is 0.409 e. The van der Waals surface area contributed by atoms with Crippen LogP contribution in [0.15, 0.2) is 34.8 Å². The SMILES string of the molecule is CCN(N=O)C(=O)Oc1cccc([C@H](C)N(C)N=O)c1. The fraction of sp³-hybridized carbons (Fsp3) is 0.417. The molecule has 8 heteroatoms. The van der Waals surface area contributed by atoms with Gasteiger partial charge in [0.2, 0.25) is 0 Å². The Kier molecular flexibility index (Phi) is 5.57. The van der Waals surface area contributed by atoms with E-state index >= 15 is 0 Å². The quantitative estimate of drug-likeness (QED) is 0.590. The normalized spacial score (nSPS) is 11.3. The maximum atomic E-state index is 11.6. The van der Waals surface area contributed by atoms with Crippen molar-refractivity contribution in [3.8, 4) is 5.75 Å². The largest absolute Gasteiger partial charge is 0.438 e. The zero-order chi connectivity index (χ0) is 15.1. The highest BCUT2D eigenvalue weighted by Gasteiger charge is 2.16. The van der Waals surface area contributed by atoms with E-state index in [1.165, 1.54) is 5.01 Å². The first kappa shape index (κ1) is 15.5. The summed E-state index contributed by atoms with van der Waals surface area (Å²) in [4.78, 5) is 32.5. The summed E-state index contributed by atoms with van der Waals surface area (Å²) in [5.41, 5.74) is 0.750. The molecular formula is C12H16N4O4. The number of rotatable bonds is 6. The highest BCUT2D eigenvalue weighted by atomic mass is 16.6. The zero-order valence-electron chi connectivity index (χ0n) is 11.5. The van der Waals surface area contributed by atoms with Crippen molar-refractivity contribution in [2.24, 2.45) is 10.6 Å². The van der Waals surface area contributed by atoms with Gasteiger partial charge in [-0.05, 0) is 31.5 Å². The Bertz CT molecular complexity index is 494. The Morgan fingerprint density at radius 2 is 2.05 bits per heavy atom. The van der Waals surface area contributed by atoms with E-state index in [0.717, 1.165) is 5.56 Å². The maximum Gasteiger partial charge on any atom is 0.438 e. The van der Waals surface area contributed by atoms with Crippen molar-refractivity contribution < 1.29 is 9.53 Å². The molecule has 0 aromatic heterocycles. The molecule has 1 aromatic carbocycles. The van der Waals surface area contributed by atoms with Crippen molar-refractivity contribution in [1.82, 2.24) is 10.0 Å². The average Bonchev–Trinajstić information content (AvgIpc) is 2.47. The van der Waals surface area contributed by atoms with Crippen molar-refractivity contribution in [3.63, 3.8) is 0 Å². The fourth-order valence-corrected chi connectivity index (χ4v) is 1.50. The lowest BCUT2D eigenvalue weighted by atomic mass is 10.1. The van der Waals surface area contributed by atoms with Crippen molar-refractivity contribution in [2.75, 3.05) is 13.6 Å². The lowest BCUT2D eigenvalue weighted by Crippen LogP contribution is -2.28. The predicted octanol–water partition coefficient (Wildman–Crippen LogP) is 2.86. The molecule has 0 radical (unpaired) electrons. The minimum absolute atomic E-state index is 0.121. The molecule has 0 fully saturated rings. The summed E-state index contributed by atoms with van der Waals surface area (Å²) < 4.78 is 5.03. The van der Waals surface area contributed by atoms with Gasteiger partial charge in [-0.2, -0.15) is 5.01 Å². The van der Waals surface area contributed by atoms with Crippen molar-refractivity contribution in [1.29, 1.82) is 0 Å². The number of ether oxygens (including phenoxy) is 1. The summed E-state index contributed by atoms with van der Waals surface area (Å²) in [5.74, 6) is 0.265. The number of hydrogen-bond acceptors (Lipinski definition) is 6. The Balaban J connectivity index is 2.85. The monoisotopic (exact) mass is 280 g/mol. The molecule has 0 unspecified atom stereocenters. The van der Waals surface area contributed by atoms with Gasteiger partial charge in [-0.15, -0.1) is 9.81 Å². The first-order valence-corrected chi connectivity index (χ1v) is 6.02. The molecule has 0 aliphatic heterocycles. The third-order valence-electron chi connectivity index (χ3n) is 2.84. The molecule has 1 amide bonds. The van der Waals surface area contributed by atoms with E-state index in [2.05, 4.69) is 10.6 Å². The van der Waals surface area contributed by atoms with Crippen LogP contribution in [0.25, 0.3) is 0 Å². The number of carbonyl (C=O) groups excluding carboxylic acids is 1. The molecule has 1 atom stereocenters. The molecule has 0 aliphatic carbocycles. The third kappa shape index (κ3) is 3.74. The summed E-state index contributed by atoms with van der Waals surface area (Å²) in [5, 5.41) is 7.27. The minimum atomic E-state index is -0.853. The summed E-state index contributed by atoms with van der Waals surface area (Å²) in [6, 6.07) is 6.36. The molecule has 108 valence electrons. The van der Waals surface area contributed by atoms with E-state index < -0.39 is 6.09 Å². The van der Waals surface area contributed by atoms with Gasteiger partial charge in [-0.1, -0.05) is 12.1 Å². The third-order valence-corrected chi connectivity index (χ3v) is 2.84. The molecule has 0 N–H and O–H groups in total. The Labute approximate surface area is 116 Å². The van der Waals surface area contributed by atoms with Crippen LogP contribution in [0.1, 0.15) is 25.5 Å². The highest BCUT2D eigenvalue weighted by Crippen LogP contribution is 2.23. The number of nitroso groups, excluding NO2 is 2. The Hall–Kier alpha value is -2.51. The molecule has 0 spiro atoms. The number of nitrogens with zero attached hydrogens (tertiary/aromatic N) is 4. The Morgan fingerprint density at radius 3 is 2.60 bits per heavy atom. The predicted molar refractivity (Wildman–Crippen MR) is 72.6 cm³/mol. The van der Waals surface area contributed by atoms with Crippen LogP contribution in [0.3, 0.4) is 0 Å². The minimum Gasteiger partial charge on any atom is -0.409 e. The summed E-state index contributed by atoms with van der Waals surface area (Å²) in [6.07, 6.45) is -0.853. The number of carbonyl (C=O) groups is 1. The summed E-state index contributed by atoms with van der Waals surface area (Å²) in [6.45, 7) is 3.51. The van der Waals surface area contributed by atoms with Crippen LogP contribution < -0.4 is 4.74 Å². The number of benzene rings is 1. The van der Waals surface area contributed by atoms with Crippen molar-refractivity contribution in [2.45, 2.75) is 19.9 Å². The molecule has 0 heterocycles. The lowest BCUT2D eigenvalue weighted by molar-refractivity contribution is 0.155. The van der Waals surface area contributed by atoms with Gasteiger partial charge in [0, 0.05) is 13.6 Å². The summed E-state index contributed by atoms with van der Waals surface area (Å²) >= 11 is 0. The van der Waals surface area contributed by atoms with Gasteiger partial charge < -0.3 is 4.74 Å². The van der Waals surface area contributed by atoms with Gasteiger partial charge in [0.15, 0.2) is 0 Å². The first-order chi connectivity index (χ1) is 9.53. The van der Waals surface area contributed by atoms with Crippen LogP contribution in [-0.4, -0.2) is 29.7 Å². The van der Waals surface area contributed by atoms with Crippen molar-refractivity contribution in [3.05, 3.63) is 39.6 Å². The number of hydrogen-bond donors (Lipinski definition) is 0. The van der Waals surface area contributed by atoms with Crippen LogP contribution >= 0.6 is 0 Å². The second kappa shape index (κ2) is 7.17. The van der Waals surface area contributed by atoms with E-state index in [9.17, 15) is 14.6 Å². The van der Waals surface area contributed by atoms with Crippen LogP contribution in [0.5, 0.6) is 5.75 Å². The Morgan fingerprint density at radius 1 is 1.35 bits per heavy atom. The second-order valence-corrected chi connectivity index (χ2v) is 4.07. The van der Waals surface area contributed by atoms with Gasteiger partial charge in [-0.3, -0.25) is 5.01 Å². The number of amides is 1. The standard InChI is InChI=1S/C12H16N4O4/c1-4-16(14-19)12(17)20-11-7-5-6-10(8-11)9(2)15(3)13-18/h5-9H,4H2,1-3H3/t9-/m0/s1. The van der Waals surface area contributed by atoms with Crippen LogP contribution in [-0.2, 0) is 0 Å². The topological polar surface area (TPSA) is 91.6 Å². The average molecular weight is 280 g/mol. The van der Waals surface area contributed by atoms with E-state index in [1.54, 1.807) is 45.2 Å². The first-order valence-electron chi connectivity index (χ1n) is 6.02. The van der Waals surface area contributed by atoms with Gasteiger partial charge in [0.05, 0.1) is 16.6 Å². The van der Waals surface area contributed by atoms with Crippen LogP contribution in [0.4, 0.5) is 4.79 Å². The van der Waals surface area contributed by atoms with Crippen LogP contribution in [0.2, 0.25) is 0 Å². The molecule has 1 rings (SSSR count). The van der Waals surface area contributed by atoms with E-state index in [4.69, 9.17) is 4.74 Å². The zero-order valence-corrected chi connectivity index (χ0v) is 11.5. The van der Waals surface area contributed by atoms with E-state index in [0.29, 0.717) is 5.01 Å². The molecule has 0 saturated heterocycles. The van der Waals surface area contributed by atoms with Gasteiger partial charge in [-0.25, -0.2) is 4.79 Å². The molecule has 0 bridgehead atoms. The lowest BCUT2D eigenvalue weighted by Gasteiger charge is -2.19. The summed E-state index contributed by atoms with van der Waals surface area (Å²) in [7, 11) is 1.55. The van der Waals surface area contributed by atoms with E-state index in [-0.39, 0.29) is 18.3 Å². The van der Waals surface area contributed by atoms with Gasteiger partial charge in [0.1, 0.15) is 5.75 Å². The van der Waals surface area contributed by atoms with Gasteiger partial charge >= 0.3 is 6.09 Å². The van der Waals surface area contributed by atoms with Crippen LogP contribution in [0, 0.1) is 9.81 Å². The van der Waals surface area contributed by atoms with E-state index in [1.807, 2.05) is 0 Å². The molecule has 0 saturated carbocycles. The molecule has 1 aromatic rings. The van der Waals surface area contributed by atoms with Gasteiger partial charge in [0.25, 0.3) is 0 Å². The molecule has 0 aliphatic rings.